The normalized spacial score (nSPS) is 12.8. The number of carbonyl (C=O) groups is 2. The number of non-ortho nitro benzene ring substituents is 1. The lowest BCUT2D eigenvalue weighted by atomic mass is 9.99. The molecule has 0 saturated heterocycles. The molecule has 0 aliphatic rings. The number of nitro benzene ring substituents is 1. The molecule has 3 aromatic carbocycles. The Labute approximate surface area is 167 Å². The Morgan fingerprint density at radius 3 is 2.38 bits per heavy atom. The third-order valence-electron chi connectivity index (χ3n) is 4.71. The van der Waals surface area contributed by atoms with Crippen molar-refractivity contribution in [2.24, 2.45) is 0 Å². The molecule has 3 aromatic rings. The predicted molar refractivity (Wildman–Crippen MR) is 111 cm³/mol. The summed E-state index contributed by atoms with van der Waals surface area (Å²) in [5.41, 5.74) is 0.925. The third-order valence-corrected chi connectivity index (χ3v) is 4.71. The van der Waals surface area contributed by atoms with E-state index >= 15 is 0 Å². The molecule has 2 atom stereocenters. The van der Waals surface area contributed by atoms with Crippen LogP contribution >= 0.6 is 0 Å². The molecule has 3 rings (SSSR count). The molecule has 7 nitrogen and oxygen atoms in total. The molecule has 0 spiro atoms. The van der Waals surface area contributed by atoms with E-state index in [2.05, 4.69) is 10.6 Å². The summed E-state index contributed by atoms with van der Waals surface area (Å²) in [6.45, 7) is 3.45. The minimum absolute atomic E-state index is 0.126. The van der Waals surface area contributed by atoms with Gasteiger partial charge in [0, 0.05) is 17.7 Å². The van der Waals surface area contributed by atoms with Crippen molar-refractivity contribution in [3.8, 4) is 0 Å². The zero-order valence-corrected chi connectivity index (χ0v) is 16.1. The summed E-state index contributed by atoms with van der Waals surface area (Å²) >= 11 is 0. The first kappa shape index (κ1) is 20.0. The molecule has 0 saturated carbocycles. The van der Waals surface area contributed by atoms with Crippen molar-refractivity contribution < 1.29 is 14.5 Å². The molecule has 2 amide bonds. The first-order valence-corrected chi connectivity index (χ1v) is 9.20. The molecule has 2 unspecified atom stereocenters. The highest BCUT2D eigenvalue weighted by molar-refractivity contribution is 5.98. The molecule has 2 N–H and O–H groups in total. The maximum absolute atomic E-state index is 12.6. The van der Waals surface area contributed by atoms with Gasteiger partial charge in [-0.1, -0.05) is 48.5 Å². The van der Waals surface area contributed by atoms with Gasteiger partial charge in [-0.25, -0.2) is 0 Å². The summed E-state index contributed by atoms with van der Waals surface area (Å²) in [7, 11) is 0. The van der Waals surface area contributed by atoms with Crippen molar-refractivity contribution in [1.29, 1.82) is 0 Å². The summed E-state index contributed by atoms with van der Waals surface area (Å²) in [4.78, 5) is 35.2. The van der Waals surface area contributed by atoms with Crippen LogP contribution in [0.5, 0.6) is 0 Å². The van der Waals surface area contributed by atoms with Crippen LogP contribution in [0.3, 0.4) is 0 Å². The molecular formula is C22H21N3O4. The van der Waals surface area contributed by atoms with Gasteiger partial charge in [0.15, 0.2) is 0 Å². The van der Waals surface area contributed by atoms with Gasteiger partial charge >= 0.3 is 0 Å². The number of rotatable bonds is 6. The number of nitrogens with zero attached hydrogens (tertiary/aromatic N) is 1. The van der Waals surface area contributed by atoms with Crippen molar-refractivity contribution >= 4 is 28.3 Å². The number of hydrogen-bond donors (Lipinski definition) is 2. The minimum Gasteiger partial charge on any atom is -0.348 e. The number of nitro groups is 1. The number of amides is 2. The lowest BCUT2D eigenvalue weighted by Crippen LogP contribution is -2.45. The maximum atomic E-state index is 12.6. The van der Waals surface area contributed by atoms with Gasteiger partial charge in [0.25, 0.3) is 11.6 Å². The molecule has 148 valence electrons. The average Bonchev–Trinajstić information content (AvgIpc) is 2.73. The van der Waals surface area contributed by atoms with Crippen LogP contribution in [0.4, 0.5) is 5.69 Å². The quantitative estimate of drug-likeness (QED) is 0.494. The Balaban J connectivity index is 1.68. The van der Waals surface area contributed by atoms with Gasteiger partial charge in [0.1, 0.15) is 6.04 Å². The number of fused-ring (bicyclic) bond motifs is 1. The average molecular weight is 391 g/mol. The van der Waals surface area contributed by atoms with E-state index in [1.165, 1.54) is 24.3 Å². The highest BCUT2D eigenvalue weighted by Gasteiger charge is 2.20. The van der Waals surface area contributed by atoms with Crippen LogP contribution in [0.15, 0.2) is 66.7 Å². The SMILES string of the molecule is CC(NC(=O)c1cccc([N+](=O)[O-])c1)C(=O)NC(C)c1cccc2ccccc12. The molecule has 7 heteroatoms. The van der Waals surface area contributed by atoms with Crippen LogP contribution in [0, 0.1) is 10.1 Å². The Kier molecular flexibility index (Phi) is 5.87. The van der Waals surface area contributed by atoms with Crippen molar-refractivity contribution in [2.75, 3.05) is 0 Å². The van der Waals surface area contributed by atoms with Gasteiger partial charge in [-0.15, -0.1) is 0 Å². The molecular weight excluding hydrogens is 370 g/mol. The largest absolute Gasteiger partial charge is 0.348 e. The Morgan fingerprint density at radius 1 is 0.931 bits per heavy atom. The number of hydrogen-bond acceptors (Lipinski definition) is 4. The van der Waals surface area contributed by atoms with Crippen LogP contribution < -0.4 is 10.6 Å². The molecule has 0 radical (unpaired) electrons. The first-order chi connectivity index (χ1) is 13.9. The van der Waals surface area contributed by atoms with Crippen LogP contribution in [-0.2, 0) is 4.79 Å². The predicted octanol–water partition coefficient (Wildman–Crippen LogP) is 3.74. The summed E-state index contributed by atoms with van der Waals surface area (Å²) < 4.78 is 0. The zero-order chi connectivity index (χ0) is 21.0. The van der Waals surface area contributed by atoms with Gasteiger partial charge < -0.3 is 10.6 Å². The molecule has 0 fully saturated rings. The van der Waals surface area contributed by atoms with E-state index in [-0.39, 0.29) is 23.2 Å². The van der Waals surface area contributed by atoms with E-state index in [0.717, 1.165) is 16.3 Å². The molecule has 0 aromatic heterocycles. The molecule has 0 bridgehead atoms. The Hall–Kier alpha value is -3.74. The van der Waals surface area contributed by atoms with E-state index in [9.17, 15) is 19.7 Å². The van der Waals surface area contributed by atoms with Crippen LogP contribution in [0.1, 0.15) is 35.8 Å². The highest BCUT2D eigenvalue weighted by Crippen LogP contribution is 2.24. The van der Waals surface area contributed by atoms with Crippen LogP contribution in [-0.4, -0.2) is 22.8 Å². The second-order valence-electron chi connectivity index (χ2n) is 6.80. The van der Waals surface area contributed by atoms with E-state index in [0.29, 0.717) is 0 Å². The lowest BCUT2D eigenvalue weighted by molar-refractivity contribution is -0.384. The van der Waals surface area contributed by atoms with E-state index in [1.54, 1.807) is 6.92 Å². The summed E-state index contributed by atoms with van der Waals surface area (Å²) in [6.07, 6.45) is 0. The minimum atomic E-state index is -0.806. The zero-order valence-electron chi connectivity index (χ0n) is 16.1. The van der Waals surface area contributed by atoms with E-state index < -0.39 is 16.9 Å². The molecule has 0 aliphatic heterocycles. The van der Waals surface area contributed by atoms with Gasteiger partial charge in [0.2, 0.25) is 5.91 Å². The lowest BCUT2D eigenvalue weighted by Gasteiger charge is -2.20. The standard InChI is InChI=1S/C22H21N3O4/c1-14(19-12-6-8-16-7-3-4-11-20(16)19)23-21(26)15(2)24-22(27)17-9-5-10-18(13-17)25(28)29/h3-15H,1-2H3,(H,23,26)(H,24,27). The Morgan fingerprint density at radius 2 is 1.62 bits per heavy atom. The van der Waals surface area contributed by atoms with Gasteiger partial charge in [-0.05, 0) is 36.2 Å². The van der Waals surface area contributed by atoms with Crippen LogP contribution in [0.25, 0.3) is 10.8 Å². The fraction of sp³-hybridized carbons (Fsp3) is 0.182. The van der Waals surface area contributed by atoms with Crippen molar-refractivity contribution in [2.45, 2.75) is 25.9 Å². The second kappa shape index (κ2) is 8.52. The van der Waals surface area contributed by atoms with Crippen molar-refractivity contribution in [1.82, 2.24) is 10.6 Å². The van der Waals surface area contributed by atoms with Crippen molar-refractivity contribution in [3.05, 3.63) is 88.0 Å². The van der Waals surface area contributed by atoms with E-state index in [1.807, 2.05) is 49.4 Å². The summed E-state index contributed by atoms with van der Waals surface area (Å²) in [5.74, 6) is -0.890. The molecule has 29 heavy (non-hydrogen) atoms. The number of nitrogens with one attached hydrogen (secondary N) is 2. The number of carbonyl (C=O) groups excluding carboxylic acids is 2. The van der Waals surface area contributed by atoms with Gasteiger partial charge in [-0.2, -0.15) is 0 Å². The maximum Gasteiger partial charge on any atom is 0.270 e. The van der Waals surface area contributed by atoms with Gasteiger partial charge in [-0.3, -0.25) is 19.7 Å². The first-order valence-electron chi connectivity index (χ1n) is 9.20. The molecule has 0 heterocycles. The Bertz CT molecular complexity index is 1080. The van der Waals surface area contributed by atoms with Gasteiger partial charge in [0.05, 0.1) is 11.0 Å². The smallest absolute Gasteiger partial charge is 0.270 e. The monoisotopic (exact) mass is 391 g/mol. The number of benzene rings is 3. The molecule has 0 aliphatic carbocycles. The topological polar surface area (TPSA) is 101 Å². The second-order valence-corrected chi connectivity index (χ2v) is 6.80. The van der Waals surface area contributed by atoms with Crippen molar-refractivity contribution in [3.63, 3.8) is 0 Å². The van der Waals surface area contributed by atoms with E-state index in [4.69, 9.17) is 0 Å². The fourth-order valence-electron chi connectivity index (χ4n) is 3.15. The third kappa shape index (κ3) is 4.57. The summed E-state index contributed by atoms with van der Waals surface area (Å²) in [6, 6.07) is 18.1. The van der Waals surface area contributed by atoms with Crippen LogP contribution in [0.2, 0.25) is 0 Å². The fourth-order valence-corrected chi connectivity index (χ4v) is 3.15. The summed E-state index contributed by atoms with van der Waals surface area (Å²) in [5, 5.41) is 18.5. The highest BCUT2D eigenvalue weighted by atomic mass is 16.6.